The number of carbonyl (C=O) groups excluding carboxylic acids is 3. The van der Waals surface area contributed by atoms with E-state index in [4.69, 9.17) is 14.3 Å². The maximum atomic E-state index is 13.0. The van der Waals surface area contributed by atoms with Gasteiger partial charge in [-0.05, 0) is 32.8 Å². The lowest BCUT2D eigenvalue weighted by Gasteiger charge is -2.37. The fourth-order valence-electron chi connectivity index (χ4n) is 4.06. The van der Waals surface area contributed by atoms with E-state index in [1.807, 2.05) is 30.3 Å². The summed E-state index contributed by atoms with van der Waals surface area (Å²) in [7, 11) is 2.92. The Hall–Kier alpha value is -2.81. The van der Waals surface area contributed by atoms with Crippen LogP contribution in [0.5, 0.6) is 0 Å². The highest BCUT2D eigenvalue weighted by molar-refractivity contribution is 5.86. The maximum Gasteiger partial charge on any atom is 0.410 e. The molecule has 3 atom stereocenters. The molecule has 2 heterocycles. The summed E-state index contributed by atoms with van der Waals surface area (Å²) < 4.78 is 10.4. The van der Waals surface area contributed by atoms with Crippen LogP contribution in [0, 0.1) is 5.92 Å². The number of amides is 3. The lowest BCUT2D eigenvalue weighted by Crippen LogP contribution is -2.54. The third-order valence-corrected chi connectivity index (χ3v) is 5.40. The number of methoxy groups -OCH3 is 1. The molecule has 3 rings (SSSR count). The summed E-state index contributed by atoms with van der Waals surface area (Å²) in [5.74, 6) is -0.808. The van der Waals surface area contributed by atoms with Crippen molar-refractivity contribution in [3.05, 3.63) is 35.9 Å². The van der Waals surface area contributed by atoms with E-state index in [2.05, 4.69) is 0 Å². The molecule has 0 unspecified atom stereocenters. The monoisotopic (exact) mass is 433 g/mol. The van der Waals surface area contributed by atoms with Crippen LogP contribution in [0.2, 0.25) is 0 Å². The number of carbonyl (C=O) groups is 3. The summed E-state index contributed by atoms with van der Waals surface area (Å²) in [6.45, 7) is 6.26. The van der Waals surface area contributed by atoms with Gasteiger partial charge in [-0.2, -0.15) is 5.06 Å². The van der Waals surface area contributed by atoms with Gasteiger partial charge in [-0.3, -0.25) is 4.84 Å². The molecule has 2 aliphatic rings. The molecule has 9 nitrogen and oxygen atoms in total. The minimum atomic E-state index is -0.788. The molecule has 9 heteroatoms. The summed E-state index contributed by atoms with van der Waals surface area (Å²) in [4.78, 5) is 46.7. The molecule has 2 saturated heterocycles. The zero-order chi connectivity index (χ0) is 22.8. The van der Waals surface area contributed by atoms with Crippen LogP contribution < -0.4 is 0 Å². The molecule has 31 heavy (non-hydrogen) atoms. The Morgan fingerprint density at radius 3 is 2.48 bits per heavy atom. The highest BCUT2D eigenvalue weighted by Crippen LogP contribution is 2.35. The van der Waals surface area contributed by atoms with Gasteiger partial charge in [0.1, 0.15) is 18.2 Å². The largest absolute Gasteiger partial charge is 0.467 e. The van der Waals surface area contributed by atoms with Crippen LogP contribution in [0.15, 0.2) is 30.3 Å². The van der Waals surface area contributed by atoms with Crippen molar-refractivity contribution >= 4 is 18.1 Å². The molecule has 0 aliphatic carbocycles. The van der Waals surface area contributed by atoms with Crippen LogP contribution in [0.1, 0.15) is 32.8 Å². The summed E-state index contributed by atoms with van der Waals surface area (Å²) in [6, 6.07) is 8.20. The molecule has 0 aromatic heterocycles. The molecular weight excluding hydrogens is 402 g/mol. The van der Waals surface area contributed by atoms with Gasteiger partial charge in [-0.15, -0.1) is 0 Å². The van der Waals surface area contributed by atoms with E-state index in [1.165, 1.54) is 22.0 Å². The van der Waals surface area contributed by atoms with Crippen molar-refractivity contribution in [2.24, 2.45) is 5.92 Å². The second-order valence-corrected chi connectivity index (χ2v) is 9.00. The summed E-state index contributed by atoms with van der Waals surface area (Å²) in [6.07, 6.45) is 0.0248. The third-order valence-electron chi connectivity index (χ3n) is 5.40. The van der Waals surface area contributed by atoms with E-state index < -0.39 is 23.7 Å². The number of rotatable bonds is 6. The Labute approximate surface area is 182 Å². The topological polar surface area (TPSA) is 88.6 Å². The molecule has 1 aromatic carbocycles. The Bertz CT molecular complexity index is 809. The molecule has 0 radical (unpaired) electrons. The Balaban J connectivity index is 1.73. The predicted octanol–water partition coefficient (Wildman–Crippen LogP) is 2.65. The first-order valence-electron chi connectivity index (χ1n) is 10.4. The number of hydroxylamine groups is 2. The van der Waals surface area contributed by atoms with Gasteiger partial charge in [0, 0.05) is 26.1 Å². The minimum absolute atomic E-state index is 0.214. The maximum absolute atomic E-state index is 13.0. The van der Waals surface area contributed by atoms with Crippen molar-refractivity contribution in [3.8, 4) is 0 Å². The van der Waals surface area contributed by atoms with E-state index in [-0.39, 0.29) is 31.1 Å². The molecule has 2 aliphatic heterocycles. The molecule has 1 aromatic rings. The van der Waals surface area contributed by atoms with Gasteiger partial charge in [-0.25, -0.2) is 14.4 Å². The number of nitrogens with zero attached hydrogens (tertiary/aromatic N) is 3. The smallest absolute Gasteiger partial charge is 0.410 e. The fraction of sp³-hybridized carbons (Fsp3) is 0.591. The van der Waals surface area contributed by atoms with Gasteiger partial charge in [0.25, 0.3) is 0 Å². The van der Waals surface area contributed by atoms with E-state index in [0.29, 0.717) is 13.0 Å². The predicted molar refractivity (Wildman–Crippen MR) is 112 cm³/mol. The molecule has 0 spiro atoms. The number of hydrogen-bond donors (Lipinski definition) is 0. The van der Waals surface area contributed by atoms with Gasteiger partial charge in [0.2, 0.25) is 0 Å². The van der Waals surface area contributed by atoms with Crippen LogP contribution >= 0.6 is 0 Å². The van der Waals surface area contributed by atoms with E-state index >= 15 is 0 Å². The average Bonchev–Trinajstić information content (AvgIpc) is 2.95. The molecular formula is C22H31N3O6. The van der Waals surface area contributed by atoms with Crippen LogP contribution in [0.4, 0.5) is 9.59 Å². The van der Waals surface area contributed by atoms with Gasteiger partial charge < -0.3 is 19.3 Å². The van der Waals surface area contributed by atoms with Crippen molar-refractivity contribution in [1.82, 2.24) is 14.9 Å². The first kappa shape index (κ1) is 22.9. The van der Waals surface area contributed by atoms with Gasteiger partial charge >= 0.3 is 18.1 Å². The van der Waals surface area contributed by atoms with Crippen molar-refractivity contribution in [2.75, 3.05) is 27.2 Å². The van der Waals surface area contributed by atoms with E-state index in [0.717, 1.165) is 5.56 Å². The molecule has 2 bridgehead atoms. The SMILES string of the molecule is COC(=O)[C@@H]1[C@H](CN(C)C(=O)OC(C)(C)C)C[C@@H]2CN1C(=O)N2OCc1ccccc1. The number of fused-ring (bicyclic) bond motifs is 2. The van der Waals surface area contributed by atoms with E-state index in [1.54, 1.807) is 27.8 Å². The standard InChI is InChI=1S/C22H31N3O6/c1-22(2,3)31-21(28)23(4)12-16-11-17-13-24(18(16)19(26)29-5)20(27)25(17)30-14-15-9-7-6-8-10-15/h6-10,16-18H,11-14H2,1-5H3/t16-,17+,18-/m0/s1. The number of hydrogen-bond acceptors (Lipinski definition) is 6. The Kier molecular flexibility index (Phi) is 6.74. The van der Waals surface area contributed by atoms with Crippen LogP contribution in [0.3, 0.4) is 0 Å². The number of urea groups is 1. The second kappa shape index (κ2) is 9.13. The van der Waals surface area contributed by atoms with Crippen molar-refractivity contribution in [3.63, 3.8) is 0 Å². The summed E-state index contributed by atoms with van der Waals surface area (Å²) in [5.41, 5.74) is 0.317. The lowest BCUT2D eigenvalue weighted by atomic mass is 9.87. The van der Waals surface area contributed by atoms with Crippen LogP contribution in [0.25, 0.3) is 0 Å². The van der Waals surface area contributed by atoms with Crippen LogP contribution in [-0.4, -0.2) is 77.9 Å². The molecule has 3 amide bonds. The lowest BCUT2D eigenvalue weighted by molar-refractivity contribution is -0.150. The highest BCUT2D eigenvalue weighted by atomic mass is 16.7. The summed E-state index contributed by atoms with van der Waals surface area (Å²) in [5, 5.41) is 1.36. The summed E-state index contributed by atoms with van der Waals surface area (Å²) >= 11 is 0. The Morgan fingerprint density at radius 1 is 1.19 bits per heavy atom. The average molecular weight is 434 g/mol. The van der Waals surface area contributed by atoms with Crippen LogP contribution in [-0.2, 0) is 25.7 Å². The fourth-order valence-corrected chi connectivity index (χ4v) is 4.06. The first-order chi connectivity index (χ1) is 14.6. The molecule has 0 saturated carbocycles. The highest BCUT2D eigenvalue weighted by Gasteiger charge is 2.53. The molecule has 2 fully saturated rings. The van der Waals surface area contributed by atoms with Crippen molar-refractivity contribution in [1.29, 1.82) is 0 Å². The zero-order valence-electron chi connectivity index (χ0n) is 18.7. The second-order valence-electron chi connectivity index (χ2n) is 9.00. The van der Waals surface area contributed by atoms with Crippen molar-refractivity contribution in [2.45, 2.75) is 51.5 Å². The molecule has 0 N–H and O–H groups in total. The first-order valence-corrected chi connectivity index (χ1v) is 10.4. The number of ether oxygens (including phenoxy) is 2. The zero-order valence-corrected chi connectivity index (χ0v) is 18.7. The van der Waals surface area contributed by atoms with Crippen molar-refractivity contribution < 1.29 is 28.7 Å². The normalized spacial score (nSPS) is 23.0. The number of benzene rings is 1. The van der Waals surface area contributed by atoms with E-state index in [9.17, 15) is 14.4 Å². The van der Waals surface area contributed by atoms with Gasteiger partial charge in [0.05, 0.1) is 13.2 Å². The van der Waals surface area contributed by atoms with Gasteiger partial charge in [-0.1, -0.05) is 30.3 Å². The Morgan fingerprint density at radius 2 is 1.87 bits per heavy atom. The minimum Gasteiger partial charge on any atom is -0.467 e. The third kappa shape index (κ3) is 5.28. The molecule has 170 valence electrons. The number of esters is 1. The number of piperidine rings is 1. The quantitative estimate of drug-likeness (QED) is 0.641. The van der Waals surface area contributed by atoms with Gasteiger partial charge in [0.15, 0.2) is 0 Å².